The lowest BCUT2D eigenvalue weighted by Crippen LogP contribution is -2.42. The third-order valence-electron chi connectivity index (χ3n) is 3.57. The van der Waals surface area contributed by atoms with Crippen molar-refractivity contribution in [2.45, 2.75) is 6.42 Å². The van der Waals surface area contributed by atoms with Crippen molar-refractivity contribution < 1.29 is 18.0 Å². The molecule has 0 aliphatic rings. The normalized spacial score (nSPS) is 10.8. The summed E-state index contributed by atoms with van der Waals surface area (Å²) in [7, 11) is 1.53. The lowest BCUT2D eigenvalue weighted by Gasteiger charge is -2.12. The van der Waals surface area contributed by atoms with Crippen LogP contribution in [0.25, 0.3) is 0 Å². The Morgan fingerprint density at radius 1 is 1.04 bits per heavy atom. The largest absolute Gasteiger partial charge is 0.356 e. The van der Waals surface area contributed by atoms with Gasteiger partial charge in [-0.2, -0.15) is 0 Å². The van der Waals surface area contributed by atoms with Gasteiger partial charge in [0.25, 0.3) is 0 Å². The van der Waals surface area contributed by atoms with Gasteiger partial charge in [-0.3, -0.25) is 9.79 Å². The Morgan fingerprint density at radius 2 is 1.71 bits per heavy atom. The van der Waals surface area contributed by atoms with Crippen LogP contribution in [0, 0.1) is 17.5 Å². The number of aliphatic imine (C=N–C) groups is 1. The summed E-state index contributed by atoms with van der Waals surface area (Å²) >= 11 is 5.83. The summed E-state index contributed by atoms with van der Waals surface area (Å²) in [5.41, 5.74) is 0.639. The van der Waals surface area contributed by atoms with Crippen molar-refractivity contribution in [2.75, 3.05) is 25.5 Å². The van der Waals surface area contributed by atoms with Crippen molar-refractivity contribution in [3.05, 3.63) is 64.4 Å². The van der Waals surface area contributed by atoms with E-state index in [1.807, 2.05) is 12.1 Å². The molecule has 0 aliphatic heterocycles. The quantitative estimate of drug-likeness (QED) is 0.233. The Labute approximate surface area is 182 Å². The van der Waals surface area contributed by atoms with E-state index in [0.717, 1.165) is 17.7 Å². The molecule has 0 spiro atoms. The first-order valence-electron chi connectivity index (χ1n) is 8.03. The monoisotopic (exact) mass is 526 g/mol. The van der Waals surface area contributed by atoms with Gasteiger partial charge in [0.05, 0.1) is 12.2 Å². The van der Waals surface area contributed by atoms with Crippen molar-refractivity contribution in [1.29, 1.82) is 0 Å². The van der Waals surface area contributed by atoms with Gasteiger partial charge in [0, 0.05) is 18.6 Å². The van der Waals surface area contributed by atoms with E-state index in [-0.39, 0.29) is 30.5 Å². The van der Waals surface area contributed by atoms with Crippen molar-refractivity contribution >= 4 is 53.1 Å². The highest BCUT2D eigenvalue weighted by Crippen LogP contribution is 2.19. The maximum atomic E-state index is 13.5. The van der Waals surface area contributed by atoms with Crippen LogP contribution in [0.3, 0.4) is 0 Å². The third-order valence-corrected chi connectivity index (χ3v) is 3.82. The summed E-state index contributed by atoms with van der Waals surface area (Å²) < 4.78 is 39.6. The van der Waals surface area contributed by atoms with Gasteiger partial charge in [0.1, 0.15) is 0 Å². The van der Waals surface area contributed by atoms with Gasteiger partial charge in [-0.05, 0) is 36.2 Å². The van der Waals surface area contributed by atoms with E-state index in [0.29, 0.717) is 23.9 Å². The number of nitrogens with zero attached hydrogens (tertiary/aromatic N) is 1. The van der Waals surface area contributed by atoms with Gasteiger partial charge in [0.15, 0.2) is 23.4 Å². The Morgan fingerprint density at radius 3 is 2.36 bits per heavy atom. The first-order chi connectivity index (χ1) is 12.9. The molecule has 0 aliphatic carbocycles. The molecule has 152 valence electrons. The predicted octanol–water partition coefficient (Wildman–Crippen LogP) is 3.72. The number of amides is 1. The molecule has 0 atom stereocenters. The minimum atomic E-state index is -1.64. The summed E-state index contributed by atoms with van der Waals surface area (Å²) in [5.74, 6) is -4.69. The van der Waals surface area contributed by atoms with E-state index < -0.39 is 29.0 Å². The fourth-order valence-electron chi connectivity index (χ4n) is 2.18. The van der Waals surface area contributed by atoms with E-state index in [4.69, 9.17) is 11.6 Å². The zero-order chi connectivity index (χ0) is 19.8. The van der Waals surface area contributed by atoms with Crippen LogP contribution in [-0.4, -0.2) is 32.0 Å². The van der Waals surface area contributed by atoms with E-state index in [1.165, 1.54) is 7.05 Å². The maximum absolute atomic E-state index is 13.5. The van der Waals surface area contributed by atoms with Crippen LogP contribution in [0.4, 0.5) is 18.9 Å². The van der Waals surface area contributed by atoms with Gasteiger partial charge >= 0.3 is 0 Å². The first kappa shape index (κ1) is 24.0. The van der Waals surface area contributed by atoms with Crippen LogP contribution >= 0.6 is 35.6 Å². The number of hydrogen-bond donors (Lipinski definition) is 3. The van der Waals surface area contributed by atoms with Crippen LogP contribution in [0.2, 0.25) is 5.02 Å². The molecule has 0 aromatic heterocycles. The number of halogens is 5. The lowest BCUT2D eigenvalue weighted by atomic mass is 10.1. The fourth-order valence-corrected chi connectivity index (χ4v) is 2.30. The van der Waals surface area contributed by atoms with Crippen molar-refractivity contribution in [2.24, 2.45) is 4.99 Å². The number of carbonyl (C=O) groups is 1. The van der Waals surface area contributed by atoms with E-state index in [1.54, 1.807) is 12.1 Å². The van der Waals surface area contributed by atoms with Crippen LogP contribution in [0.15, 0.2) is 41.4 Å². The standard InChI is InChI=1S/C18H18ClF3N4O.HI/c1-23-18(24-9-8-11-2-4-12(19)5-3-11)25-10-15(27)26-14-7-6-13(20)16(21)17(14)22;/h2-7H,8-10H2,1H3,(H,26,27)(H2,23,24,25);1H. The second kappa shape index (κ2) is 11.7. The number of carbonyl (C=O) groups excluding carboxylic acids is 1. The Balaban J connectivity index is 0.00000392. The number of rotatable bonds is 6. The van der Waals surface area contributed by atoms with Crippen molar-refractivity contribution in [1.82, 2.24) is 10.6 Å². The highest BCUT2D eigenvalue weighted by molar-refractivity contribution is 14.0. The molecule has 0 radical (unpaired) electrons. The third kappa shape index (κ3) is 7.19. The molecule has 0 unspecified atom stereocenters. The van der Waals surface area contributed by atoms with Crippen LogP contribution < -0.4 is 16.0 Å². The van der Waals surface area contributed by atoms with Crippen molar-refractivity contribution in [3.8, 4) is 0 Å². The SMILES string of the molecule is CN=C(NCCc1ccc(Cl)cc1)NCC(=O)Nc1ccc(F)c(F)c1F.I. The molecule has 10 heteroatoms. The minimum absolute atomic E-state index is 0. The van der Waals surface area contributed by atoms with Gasteiger partial charge in [-0.15, -0.1) is 24.0 Å². The highest BCUT2D eigenvalue weighted by Gasteiger charge is 2.15. The average Bonchev–Trinajstić information content (AvgIpc) is 2.66. The molecule has 2 aromatic carbocycles. The number of guanidine groups is 1. The topological polar surface area (TPSA) is 65.5 Å². The number of anilines is 1. The summed E-state index contributed by atoms with van der Waals surface area (Å²) in [6.07, 6.45) is 0.712. The van der Waals surface area contributed by atoms with Gasteiger partial charge in [-0.1, -0.05) is 23.7 Å². The van der Waals surface area contributed by atoms with Gasteiger partial charge in [-0.25, -0.2) is 13.2 Å². The molecule has 3 N–H and O–H groups in total. The number of nitrogens with one attached hydrogen (secondary N) is 3. The molecule has 28 heavy (non-hydrogen) atoms. The maximum Gasteiger partial charge on any atom is 0.243 e. The molecule has 0 saturated heterocycles. The minimum Gasteiger partial charge on any atom is -0.356 e. The molecule has 5 nitrogen and oxygen atoms in total. The molecule has 2 rings (SSSR count). The zero-order valence-corrected chi connectivity index (χ0v) is 17.9. The molecule has 2 aromatic rings. The summed E-state index contributed by atoms with van der Waals surface area (Å²) in [6.45, 7) is 0.319. The molecule has 0 bridgehead atoms. The smallest absolute Gasteiger partial charge is 0.243 e. The summed E-state index contributed by atoms with van der Waals surface area (Å²) in [4.78, 5) is 15.8. The number of benzene rings is 2. The molecular weight excluding hydrogens is 508 g/mol. The molecule has 0 fully saturated rings. The Hall–Kier alpha value is -2.01. The van der Waals surface area contributed by atoms with E-state index in [9.17, 15) is 18.0 Å². The molecular formula is C18H19ClF3IN4O. The first-order valence-corrected chi connectivity index (χ1v) is 8.41. The van der Waals surface area contributed by atoms with E-state index >= 15 is 0 Å². The molecule has 0 saturated carbocycles. The van der Waals surface area contributed by atoms with Crippen LogP contribution in [0.1, 0.15) is 5.56 Å². The Kier molecular flexibility index (Phi) is 10.1. The van der Waals surface area contributed by atoms with Crippen molar-refractivity contribution in [3.63, 3.8) is 0 Å². The van der Waals surface area contributed by atoms with Crippen LogP contribution in [0.5, 0.6) is 0 Å². The lowest BCUT2D eigenvalue weighted by molar-refractivity contribution is -0.115. The van der Waals surface area contributed by atoms with Gasteiger partial charge in [0.2, 0.25) is 5.91 Å². The summed E-state index contributed by atoms with van der Waals surface area (Å²) in [5, 5.41) is 8.59. The predicted molar refractivity (Wildman–Crippen MR) is 115 cm³/mol. The fraction of sp³-hybridized carbons (Fsp3) is 0.222. The molecule has 1 amide bonds. The highest BCUT2D eigenvalue weighted by atomic mass is 127. The average molecular weight is 527 g/mol. The van der Waals surface area contributed by atoms with Gasteiger partial charge < -0.3 is 16.0 Å². The summed E-state index contributed by atoms with van der Waals surface area (Å²) in [6, 6.07) is 9.09. The van der Waals surface area contributed by atoms with E-state index in [2.05, 4.69) is 20.9 Å². The second-order valence-electron chi connectivity index (χ2n) is 5.50. The Bertz CT molecular complexity index is 834. The second-order valence-corrected chi connectivity index (χ2v) is 5.94. The van der Waals surface area contributed by atoms with Crippen LogP contribution in [-0.2, 0) is 11.2 Å². The zero-order valence-electron chi connectivity index (χ0n) is 14.9. The molecule has 0 heterocycles. The number of hydrogen-bond acceptors (Lipinski definition) is 2.